The number of nitrogens with zero attached hydrogens (tertiary/aromatic N) is 1. The predicted octanol–water partition coefficient (Wildman–Crippen LogP) is 2.13. The van der Waals surface area contributed by atoms with Crippen molar-refractivity contribution >= 4 is 34.8 Å². The average Bonchev–Trinajstić information content (AvgIpc) is 2.06. The number of hydrogen-bond donors (Lipinski definition) is 0. The number of halogens is 3. The summed E-state index contributed by atoms with van der Waals surface area (Å²) < 4.78 is 4.62. The van der Waals surface area contributed by atoms with Crippen LogP contribution in [0.3, 0.4) is 0 Å². The SMILES string of the molecule is CCO[n+]1ccccc1OC(Cl)(Cl)Cl. The van der Waals surface area contributed by atoms with Gasteiger partial charge in [-0.05, 0) is 47.8 Å². The highest BCUT2D eigenvalue weighted by atomic mass is 35.6. The predicted molar refractivity (Wildman–Crippen MR) is 54.7 cm³/mol. The molecule has 0 aliphatic rings. The van der Waals surface area contributed by atoms with Gasteiger partial charge in [0.05, 0.1) is 6.07 Å². The molecule has 0 N–H and O–H groups in total. The first kappa shape index (κ1) is 11.7. The Morgan fingerprint density at radius 1 is 1.36 bits per heavy atom. The molecular weight excluding hydrogens is 248 g/mol. The Hall–Kier alpha value is -0.380. The van der Waals surface area contributed by atoms with Crippen LogP contribution in [-0.4, -0.2) is 10.6 Å². The van der Waals surface area contributed by atoms with Gasteiger partial charge >= 0.3 is 9.86 Å². The molecule has 14 heavy (non-hydrogen) atoms. The van der Waals surface area contributed by atoms with E-state index in [-0.39, 0.29) is 0 Å². The maximum Gasteiger partial charge on any atom is 0.420 e. The molecule has 1 aromatic heterocycles. The number of aromatic nitrogens is 1. The molecule has 0 aliphatic carbocycles. The summed E-state index contributed by atoms with van der Waals surface area (Å²) in [4.78, 5) is 5.20. The molecule has 0 saturated heterocycles. The van der Waals surface area contributed by atoms with E-state index in [0.717, 1.165) is 0 Å². The third-order valence-electron chi connectivity index (χ3n) is 1.28. The van der Waals surface area contributed by atoms with Crippen molar-refractivity contribution in [3.63, 3.8) is 0 Å². The second kappa shape index (κ2) is 4.91. The van der Waals surface area contributed by atoms with E-state index in [1.54, 1.807) is 24.4 Å². The standard InChI is InChI=1S/C8H9Cl3NO2/c1-2-13-12-6-4-3-5-7(12)14-8(9,10)11/h3-6H,2H2,1H3/q+1. The van der Waals surface area contributed by atoms with Crippen LogP contribution in [0.5, 0.6) is 5.88 Å². The first-order chi connectivity index (χ1) is 6.53. The molecular formula is C8H9Cl3NO2+. The Balaban J connectivity index is 2.84. The van der Waals surface area contributed by atoms with Crippen LogP contribution in [0.15, 0.2) is 24.4 Å². The van der Waals surface area contributed by atoms with Crippen molar-refractivity contribution in [1.82, 2.24) is 0 Å². The van der Waals surface area contributed by atoms with Crippen molar-refractivity contribution in [3.05, 3.63) is 24.4 Å². The number of rotatable bonds is 3. The van der Waals surface area contributed by atoms with Crippen molar-refractivity contribution in [1.29, 1.82) is 0 Å². The number of hydrogen-bond acceptors (Lipinski definition) is 2. The van der Waals surface area contributed by atoms with Gasteiger partial charge in [-0.1, -0.05) is 0 Å². The first-order valence-corrected chi connectivity index (χ1v) is 5.06. The lowest BCUT2D eigenvalue weighted by Gasteiger charge is -2.10. The van der Waals surface area contributed by atoms with Crippen LogP contribution < -0.4 is 14.3 Å². The van der Waals surface area contributed by atoms with Gasteiger partial charge in [0.1, 0.15) is 0 Å². The fourth-order valence-electron chi connectivity index (χ4n) is 0.856. The van der Waals surface area contributed by atoms with E-state index in [0.29, 0.717) is 12.5 Å². The Kier molecular flexibility index (Phi) is 4.11. The highest BCUT2D eigenvalue weighted by Gasteiger charge is 2.27. The Morgan fingerprint density at radius 3 is 2.64 bits per heavy atom. The second-order valence-corrected chi connectivity index (χ2v) is 4.51. The zero-order valence-corrected chi connectivity index (χ0v) is 9.68. The van der Waals surface area contributed by atoms with Gasteiger partial charge in [0.15, 0.2) is 6.61 Å². The van der Waals surface area contributed by atoms with Gasteiger partial charge in [-0.15, -0.1) is 0 Å². The maximum absolute atomic E-state index is 5.48. The van der Waals surface area contributed by atoms with E-state index in [9.17, 15) is 0 Å². The largest absolute Gasteiger partial charge is 0.420 e. The van der Waals surface area contributed by atoms with Gasteiger partial charge in [-0.3, -0.25) is 4.84 Å². The van der Waals surface area contributed by atoms with Gasteiger partial charge in [0, 0.05) is 10.8 Å². The Morgan fingerprint density at radius 2 is 2.07 bits per heavy atom. The van der Waals surface area contributed by atoms with Gasteiger partial charge in [0.25, 0.3) is 0 Å². The van der Waals surface area contributed by atoms with Crippen molar-refractivity contribution in [2.45, 2.75) is 10.9 Å². The first-order valence-electron chi connectivity index (χ1n) is 3.92. The third-order valence-corrected chi connectivity index (χ3v) is 1.51. The molecule has 3 nitrogen and oxygen atoms in total. The number of ether oxygens (including phenoxy) is 1. The van der Waals surface area contributed by atoms with Crippen LogP contribution >= 0.6 is 34.8 Å². The Labute approximate surface area is 97.0 Å². The van der Waals surface area contributed by atoms with Gasteiger partial charge in [-0.25, -0.2) is 0 Å². The van der Waals surface area contributed by atoms with E-state index < -0.39 is 3.98 Å². The lowest BCUT2D eigenvalue weighted by molar-refractivity contribution is -0.892. The van der Waals surface area contributed by atoms with E-state index >= 15 is 0 Å². The van der Waals surface area contributed by atoms with Crippen LogP contribution in [0.1, 0.15) is 6.92 Å². The zero-order chi connectivity index (χ0) is 10.6. The summed E-state index contributed by atoms with van der Waals surface area (Å²) in [6.07, 6.45) is 1.66. The summed E-state index contributed by atoms with van der Waals surface area (Å²) in [7, 11) is 0. The molecule has 1 aromatic rings. The normalized spacial score (nSPS) is 11.1. The summed E-state index contributed by atoms with van der Waals surface area (Å²) in [5.74, 6) is 0.328. The molecule has 0 aromatic carbocycles. The smallest absolute Gasteiger partial charge is 0.390 e. The minimum Gasteiger partial charge on any atom is -0.390 e. The lowest BCUT2D eigenvalue weighted by atomic mass is 10.5. The lowest BCUT2D eigenvalue weighted by Crippen LogP contribution is -2.44. The molecule has 0 aliphatic heterocycles. The number of pyridine rings is 1. The van der Waals surface area contributed by atoms with Gasteiger partial charge in [-0.2, -0.15) is 0 Å². The van der Waals surface area contributed by atoms with Gasteiger partial charge < -0.3 is 4.74 Å². The van der Waals surface area contributed by atoms with Crippen molar-refractivity contribution in [2.24, 2.45) is 0 Å². The van der Waals surface area contributed by atoms with Gasteiger partial charge in [0.2, 0.25) is 6.20 Å². The minimum atomic E-state index is -1.79. The summed E-state index contributed by atoms with van der Waals surface area (Å²) >= 11 is 16.4. The summed E-state index contributed by atoms with van der Waals surface area (Å²) in [5, 5.41) is 0. The highest BCUT2D eigenvalue weighted by molar-refractivity contribution is 6.66. The molecule has 1 rings (SSSR count). The number of alkyl halides is 3. The maximum atomic E-state index is 5.48. The van der Waals surface area contributed by atoms with E-state index in [1.807, 2.05) is 6.92 Å². The van der Waals surface area contributed by atoms with Crippen molar-refractivity contribution < 1.29 is 14.3 Å². The molecule has 0 spiro atoms. The van der Waals surface area contributed by atoms with Crippen molar-refractivity contribution in [3.8, 4) is 5.88 Å². The van der Waals surface area contributed by atoms with E-state index in [4.69, 9.17) is 44.4 Å². The minimum absolute atomic E-state index is 0.328. The molecule has 0 radical (unpaired) electrons. The second-order valence-electron chi connectivity index (χ2n) is 2.33. The molecule has 0 saturated carbocycles. The van der Waals surface area contributed by atoms with Crippen LogP contribution in [0.4, 0.5) is 0 Å². The van der Waals surface area contributed by atoms with E-state index in [1.165, 1.54) is 4.73 Å². The molecule has 6 heteroatoms. The summed E-state index contributed by atoms with van der Waals surface area (Å²) in [6.45, 7) is 2.34. The summed E-state index contributed by atoms with van der Waals surface area (Å²) in [5.41, 5.74) is 0. The molecule has 0 amide bonds. The zero-order valence-electron chi connectivity index (χ0n) is 7.41. The molecule has 78 valence electrons. The summed E-state index contributed by atoms with van der Waals surface area (Å²) in [6, 6.07) is 5.17. The fourth-order valence-corrected chi connectivity index (χ4v) is 1.09. The van der Waals surface area contributed by atoms with Crippen LogP contribution in [0.25, 0.3) is 0 Å². The van der Waals surface area contributed by atoms with Crippen LogP contribution in [0.2, 0.25) is 0 Å². The third kappa shape index (κ3) is 3.78. The Bertz CT molecular complexity index is 301. The monoisotopic (exact) mass is 256 g/mol. The molecule has 0 fully saturated rings. The molecule has 0 atom stereocenters. The fraction of sp³-hybridized carbons (Fsp3) is 0.375. The van der Waals surface area contributed by atoms with E-state index in [2.05, 4.69) is 0 Å². The quantitative estimate of drug-likeness (QED) is 0.611. The van der Waals surface area contributed by atoms with Crippen LogP contribution in [0, 0.1) is 0 Å². The molecule has 0 bridgehead atoms. The average molecular weight is 258 g/mol. The van der Waals surface area contributed by atoms with Crippen molar-refractivity contribution in [2.75, 3.05) is 6.61 Å². The highest BCUT2D eigenvalue weighted by Crippen LogP contribution is 2.27. The molecule has 0 unspecified atom stereocenters. The topological polar surface area (TPSA) is 22.3 Å². The van der Waals surface area contributed by atoms with Crippen LogP contribution in [-0.2, 0) is 0 Å². The molecule has 1 heterocycles.